The molecule has 0 spiro atoms. The maximum absolute atomic E-state index is 13.3. The van der Waals surface area contributed by atoms with Crippen molar-refractivity contribution in [2.45, 2.75) is 6.92 Å². The van der Waals surface area contributed by atoms with Gasteiger partial charge in [0.1, 0.15) is 6.73 Å². The van der Waals surface area contributed by atoms with Gasteiger partial charge in [-0.1, -0.05) is 30.4 Å². The van der Waals surface area contributed by atoms with E-state index in [1.165, 1.54) is 24.3 Å². The number of anilines is 2. The maximum atomic E-state index is 13.3. The molecule has 3 N–H and O–H groups in total. The van der Waals surface area contributed by atoms with Gasteiger partial charge in [0.05, 0.1) is 11.3 Å². The van der Waals surface area contributed by atoms with Crippen LogP contribution < -0.4 is 15.5 Å². The number of carboxylic acid groups (broad SMARTS) is 1. The highest BCUT2D eigenvalue weighted by molar-refractivity contribution is 6.29. The Morgan fingerprint density at radius 3 is 2.42 bits per heavy atom. The molecule has 0 bridgehead atoms. The lowest BCUT2D eigenvalue weighted by Gasteiger charge is -2.29. The molecule has 1 heterocycles. The van der Waals surface area contributed by atoms with Gasteiger partial charge >= 0.3 is 11.9 Å². The van der Waals surface area contributed by atoms with Crippen LogP contribution in [0.2, 0.25) is 0 Å². The SMILES string of the molecule is CC1=C(OCN)C(=O)N(c2cccc(C(=O)O)c2)C(=O)/C1=C\C=Cc1ccc(N(C)C)cc1. The van der Waals surface area contributed by atoms with Crippen molar-refractivity contribution in [3.05, 3.63) is 88.7 Å². The summed E-state index contributed by atoms with van der Waals surface area (Å²) in [4.78, 5) is 40.5. The molecule has 0 aliphatic carbocycles. The van der Waals surface area contributed by atoms with Gasteiger partial charge in [0.15, 0.2) is 5.76 Å². The molecule has 2 aromatic carbocycles. The van der Waals surface area contributed by atoms with Crippen molar-refractivity contribution in [2.75, 3.05) is 30.6 Å². The van der Waals surface area contributed by atoms with Gasteiger partial charge in [0.2, 0.25) is 0 Å². The molecule has 3 rings (SSSR count). The van der Waals surface area contributed by atoms with Gasteiger partial charge in [-0.15, -0.1) is 0 Å². The number of benzene rings is 2. The Morgan fingerprint density at radius 2 is 1.82 bits per heavy atom. The van der Waals surface area contributed by atoms with E-state index in [4.69, 9.17) is 10.5 Å². The minimum absolute atomic E-state index is 0.0488. The Kier molecular flexibility index (Phi) is 7.10. The summed E-state index contributed by atoms with van der Waals surface area (Å²) in [5.74, 6) is -2.52. The van der Waals surface area contributed by atoms with E-state index in [1.807, 2.05) is 49.3 Å². The Labute approximate surface area is 191 Å². The van der Waals surface area contributed by atoms with Crippen LogP contribution in [0.15, 0.2) is 77.6 Å². The molecule has 0 atom stereocenters. The molecule has 0 radical (unpaired) electrons. The van der Waals surface area contributed by atoms with Crippen LogP contribution in [0.5, 0.6) is 0 Å². The van der Waals surface area contributed by atoms with Crippen molar-refractivity contribution >= 4 is 35.2 Å². The summed E-state index contributed by atoms with van der Waals surface area (Å²) in [5.41, 5.74) is 8.16. The number of hydrogen-bond donors (Lipinski definition) is 2. The molecule has 1 aliphatic heterocycles. The predicted octanol–water partition coefficient (Wildman–Crippen LogP) is 3.17. The molecule has 0 saturated heterocycles. The van der Waals surface area contributed by atoms with Gasteiger partial charge in [0, 0.05) is 30.9 Å². The minimum Gasteiger partial charge on any atom is -0.478 e. The van der Waals surface area contributed by atoms with Crippen molar-refractivity contribution in [3.63, 3.8) is 0 Å². The molecular formula is C25H25N3O5. The Morgan fingerprint density at radius 1 is 1.12 bits per heavy atom. The quantitative estimate of drug-likeness (QED) is 0.381. The van der Waals surface area contributed by atoms with Gasteiger partial charge in [-0.2, -0.15) is 0 Å². The number of allylic oxidation sites excluding steroid dienone is 2. The molecule has 0 saturated carbocycles. The molecule has 0 fully saturated rings. The molecule has 2 aromatic rings. The van der Waals surface area contributed by atoms with E-state index in [1.54, 1.807) is 19.1 Å². The third-order valence-electron chi connectivity index (χ3n) is 5.12. The highest BCUT2D eigenvalue weighted by Gasteiger charge is 2.37. The maximum Gasteiger partial charge on any atom is 0.335 e. The smallest absolute Gasteiger partial charge is 0.335 e. The monoisotopic (exact) mass is 447 g/mol. The second kappa shape index (κ2) is 9.97. The van der Waals surface area contributed by atoms with E-state index in [-0.39, 0.29) is 29.3 Å². The summed E-state index contributed by atoms with van der Waals surface area (Å²) in [7, 11) is 3.92. The summed E-state index contributed by atoms with van der Waals surface area (Å²) >= 11 is 0. The van der Waals surface area contributed by atoms with Gasteiger partial charge in [-0.05, 0) is 48.9 Å². The molecule has 8 heteroatoms. The van der Waals surface area contributed by atoms with Gasteiger partial charge in [0.25, 0.3) is 5.91 Å². The summed E-state index contributed by atoms with van der Waals surface area (Å²) in [6, 6.07) is 13.5. The topological polar surface area (TPSA) is 113 Å². The Bertz CT molecular complexity index is 1180. The zero-order valence-electron chi connectivity index (χ0n) is 18.6. The van der Waals surface area contributed by atoms with E-state index in [0.29, 0.717) is 5.57 Å². The van der Waals surface area contributed by atoms with Crippen molar-refractivity contribution in [3.8, 4) is 0 Å². The van der Waals surface area contributed by atoms with E-state index in [9.17, 15) is 19.5 Å². The van der Waals surface area contributed by atoms with Gasteiger partial charge in [-0.3, -0.25) is 15.3 Å². The summed E-state index contributed by atoms with van der Waals surface area (Å²) in [5, 5.41) is 9.28. The number of hydrogen-bond acceptors (Lipinski definition) is 6. The summed E-state index contributed by atoms with van der Waals surface area (Å²) in [6.45, 7) is 1.36. The number of carbonyl (C=O) groups is 3. The zero-order valence-corrected chi connectivity index (χ0v) is 18.6. The zero-order chi connectivity index (χ0) is 24.1. The Balaban J connectivity index is 2.00. The number of nitrogens with two attached hydrogens (primary N) is 1. The lowest BCUT2D eigenvalue weighted by atomic mass is 9.98. The fourth-order valence-electron chi connectivity index (χ4n) is 3.36. The molecule has 0 unspecified atom stereocenters. The third kappa shape index (κ3) is 5.02. The van der Waals surface area contributed by atoms with Gasteiger partial charge in [-0.25, -0.2) is 9.69 Å². The van der Waals surface area contributed by atoms with Crippen LogP contribution in [0.4, 0.5) is 11.4 Å². The molecular weight excluding hydrogens is 422 g/mol. The lowest BCUT2D eigenvalue weighted by molar-refractivity contribution is -0.125. The number of imide groups is 1. The van der Waals surface area contributed by atoms with Crippen LogP contribution in [0.25, 0.3) is 6.08 Å². The van der Waals surface area contributed by atoms with Crippen LogP contribution in [-0.2, 0) is 14.3 Å². The first-order chi connectivity index (χ1) is 15.7. The first-order valence-corrected chi connectivity index (χ1v) is 10.2. The van der Waals surface area contributed by atoms with Crippen molar-refractivity contribution in [1.29, 1.82) is 0 Å². The fraction of sp³-hybridized carbons (Fsp3) is 0.160. The second-order valence-corrected chi connectivity index (χ2v) is 7.49. The molecule has 170 valence electrons. The van der Waals surface area contributed by atoms with E-state index in [2.05, 4.69) is 0 Å². The standard InChI is InChI=1S/C25H25N3O5/c1-16-21(9-4-6-17-10-12-19(13-11-17)27(2)3)23(29)28(24(30)22(16)33-15-26)20-8-5-7-18(14-20)25(31)32/h4-14H,15,26H2,1-3H3,(H,31,32)/b6-4?,21-9-. The van der Waals surface area contributed by atoms with E-state index < -0.39 is 17.8 Å². The summed E-state index contributed by atoms with van der Waals surface area (Å²) in [6.07, 6.45) is 5.14. The summed E-state index contributed by atoms with van der Waals surface area (Å²) < 4.78 is 5.34. The predicted molar refractivity (Wildman–Crippen MR) is 127 cm³/mol. The van der Waals surface area contributed by atoms with Gasteiger partial charge < -0.3 is 14.7 Å². The average molecular weight is 447 g/mol. The highest BCUT2D eigenvalue weighted by atomic mass is 16.5. The second-order valence-electron chi connectivity index (χ2n) is 7.49. The van der Waals surface area contributed by atoms with E-state index in [0.717, 1.165) is 16.2 Å². The number of aromatic carboxylic acids is 1. The molecule has 8 nitrogen and oxygen atoms in total. The van der Waals surface area contributed by atoms with Crippen LogP contribution in [0.3, 0.4) is 0 Å². The van der Waals surface area contributed by atoms with Crippen LogP contribution in [0.1, 0.15) is 22.8 Å². The number of ether oxygens (including phenoxy) is 1. The molecule has 33 heavy (non-hydrogen) atoms. The number of carbonyl (C=O) groups excluding carboxylic acids is 2. The van der Waals surface area contributed by atoms with Crippen molar-refractivity contribution < 1.29 is 24.2 Å². The normalized spacial score (nSPS) is 15.5. The first kappa shape index (κ1) is 23.5. The highest BCUT2D eigenvalue weighted by Crippen LogP contribution is 2.30. The average Bonchev–Trinajstić information content (AvgIpc) is 2.79. The van der Waals surface area contributed by atoms with Crippen LogP contribution in [0, 0.1) is 0 Å². The third-order valence-corrected chi connectivity index (χ3v) is 5.12. The number of rotatable bonds is 7. The molecule has 1 aliphatic rings. The molecule has 2 amide bonds. The van der Waals surface area contributed by atoms with Crippen LogP contribution >= 0.6 is 0 Å². The molecule has 0 aromatic heterocycles. The minimum atomic E-state index is -1.17. The van der Waals surface area contributed by atoms with Crippen LogP contribution in [-0.4, -0.2) is 43.7 Å². The number of amides is 2. The largest absolute Gasteiger partial charge is 0.478 e. The first-order valence-electron chi connectivity index (χ1n) is 10.2. The lowest BCUT2D eigenvalue weighted by Crippen LogP contribution is -2.44. The number of nitrogens with zero attached hydrogens (tertiary/aromatic N) is 2. The van der Waals surface area contributed by atoms with E-state index >= 15 is 0 Å². The fourth-order valence-corrected chi connectivity index (χ4v) is 3.36. The Hall–Kier alpha value is -4.17. The van der Waals surface area contributed by atoms with Crippen molar-refractivity contribution in [2.24, 2.45) is 5.73 Å². The van der Waals surface area contributed by atoms with Crippen molar-refractivity contribution in [1.82, 2.24) is 0 Å². The number of carboxylic acids is 1.